The standard InChI is InChI=1S/C27H33N9O15P2.H3N/c1-10-3-12-13(4-11(10)2)35(24-18(32-12)25(42)34-27(43)33-24)5-14(37)19(39)15(38)6-48-52(44,45)51-53(46,47)49-7-16-20(40)21(41)26(50-16)36-9-31-17-22(28)29-8-30-23(17)36;/h3-4,8-9,14-16,19-21,26,37-41H,5-7H2,1-2H3,(H,44,45)(H,46,47)(H2,28,29,30)(H,34,42,43);1H3/t14-,15+,16?,19-,20+,21+,26?;/m0./s1/i7+1,16+1,20+1,21+1,26+1;. The van der Waals surface area contributed by atoms with Crippen LogP contribution in [0.1, 0.15) is 17.4 Å². The molecule has 6 rings (SSSR count). The van der Waals surface area contributed by atoms with Crippen LogP contribution in [0.15, 0.2) is 34.4 Å². The molecule has 0 amide bonds. The van der Waals surface area contributed by atoms with Crippen molar-refractivity contribution in [2.24, 2.45) is 0 Å². The average molecular weight is 808 g/mol. The fourth-order valence-electron chi connectivity index (χ4n) is 5.55. The number of hydrogen-bond donors (Lipinski definition) is 10. The van der Waals surface area contributed by atoms with Gasteiger partial charge in [0.2, 0.25) is 0 Å². The summed E-state index contributed by atoms with van der Waals surface area (Å²) in [5, 5.41) is 53.0. The summed E-state index contributed by atoms with van der Waals surface area (Å²) >= 11 is 0. The Morgan fingerprint density at radius 1 is 0.981 bits per heavy atom. The molecule has 0 aliphatic carbocycles. The Kier molecular flexibility index (Phi) is 11.8. The van der Waals surface area contributed by atoms with Gasteiger partial charge >= 0.3 is 21.3 Å². The molecule has 1 aromatic carbocycles. The average Bonchev–Trinajstić information content (AvgIpc) is 3.63. The first kappa shape index (κ1) is 41.0. The fourth-order valence-corrected chi connectivity index (χ4v) is 7.65. The lowest BCUT2D eigenvalue weighted by Gasteiger charge is -2.26. The quantitative estimate of drug-likeness (QED) is 0.0341. The van der Waals surface area contributed by atoms with Gasteiger partial charge in [-0.3, -0.25) is 23.4 Å². The number of nitrogen functional groups attached to an aromatic ring is 1. The number of aryl methyl sites for hydroxylation is 2. The highest BCUT2D eigenvalue weighted by molar-refractivity contribution is 7.61. The van der Waals surface area contributed by atoms with Crippen LogP contribution in [0.4, 0.5) is 5.82 Å². The maximum absolute atomic E-state index is 12.5. The van der Waals surface area contributed by atoms with Crippen molar-refractivity contribution >= 4 is 43.7 Å². The molecule has 5 heterocycles. The summed E-state index contributed by atoms with van der Waals surface area (Å²) in [7, 11) is -11.0. The summed E-state index contributed by atoms with van der Waals surface area (Å²) in [5.74, 6) is -0.212. The first-order valence-electron chi connectivity index (χ1n) is 15.4. The van der Waals surface area contributed by atoms with Gasteiger partial charge in [0, 0.05) is 0 Å². The molecule has 1 saturated heterocycles. The third-order valence-corrected chi connectivity index (χ3v) is 11.0. The van der Waals surface area contributed by atoms with E-state index in [1.54, 1.807) is 26.0 Å². The van der Waals surface area contributed by atoms with Gasteiger partial charge in [0.15, 0.2) is 29.2 Å². The van der Waals surface area contributed by atoms with Crippen molar-refractivity contribution in [2.75, 3.05) is 18.9 Å². The molecule has 3 aliphatic heterocycles. The Hall–Kier alpha value is -4.17. The molecule has 1 fully saturated rings. The summed E-state index contributed by atoms with van der Waals surface area (Å²) < 4.78 is 46.6. The van der Waals surface area contributed by atoms with Crippen molar-refractivity contribution < 1.29 is 62.5 Å². The van der Waals surface area contributed by atoms with Crippen molar-refractivity contribution in [3.8, 4) is 11.5 Å². The number of rotatable bonds is 13. The summed E-state index contributed by atoms with van der Waals surface area (Å²) in [4.78, 5) is 66.6. The maximum atomic E-state index is 12.5. The van der Waals surface area contributed by atoms with Crippen LogP contribution in [0, 0.1) is 13.8 Å². The number of anilines is 1. The number of nitrogens with two attached hydrogens (primary N) is 1. The molecule has 0 bridgehead atoms. The molecule has 294 valence electrons. The Morgan fingerprint density at radius 3 is 2.39 bits per heavy atom. The monoisotopic (exact) mass is 807 g/mol. The van der Waals surface area contributed by atoms with E-state index in [0.717, 1.165) is 17.5 Å². The first-order chi connectivity index (χ1) is 24.9. The van der Waals surface area contributed by atoms with Gasteiger partial charge in [-0.05, 0) is 37.1 Å². The number of imidazole rings is 1. The molecule has 0 radical (unpaired) electrons. The number of nitrogens with zero attached hydrogens (tertiary/aromatic N) is 7. The normalized spacial score (nSPS) is 22.8. The zero-order valence-electron chi connectivity index (χ0n) is 28.2. The molecule has 0 saturated carbocycles. The second-order valence-corrected chi connectivity index (χ2v) is 15.1. The molecule has 27 heteroatoms. The van der Waals surface area contributed by atoms with Crippen LogP contribution in [-0.4, -0.2) is 124 Å². The van der Waals surface area contributed by atoms with Gasteiger partial charge in [-0.15, -0.1) is 0 Å². The fraction of sp³-hybridized carbons (Fsp3) is 0.444. The number of hydrogen-bond acceptors (Lipinski definition) is 20. The van der Waals surface area contributed by atoms with Crippen LogP contribution in [0.25, 0.3) is 33.7 Å². The summed E-state index contributed by atoms with van der Waals surface area (Å²) in [5.41, 5.74) is 6.11. The Balaban J connectivity index is 0.00000561. The predicted molar refractivity (Wildman–Crippen MR) is 182 cm³/mol. The van der Waals surface area contributed by atoms with Gasteiger partial charge in [0.1, 0.15) is 48.5 Å². The van der Waals surface area contributed by atoms with Crippen LogP contribution in [0.5, 0.6) is 0 Å². The van der Waals surface area contributed by atoms with Crippen molar-refractivity contribution in [3.63, 3.8) is 0 Å². The molecule has 13 N–H and O–H groups in total. The van der Waals surface area contributed by atoms with Crippen molar-refractivity contribution in [2.45, 2.75) is 63.2 Å². The SMILES string of the molecule is Cc1cc2nc3c(=O)[nH]c(=O)nc-3n(C[C@H](O)[C@H](O)[C@H](O)COP(=O)(O)OP(=O)(O)O[13CH2][13CH]3O[13CH](n4cnc5c(N)ncnc54)[13C@H](O)[13C@@H]3O)c2cc1C.N. The number of nitrogens with one attached hydrogen (secondary N) is 1. The van der Waals surface area contributed by atoms with E-state index in [-0.39, 0.29) is 40.2 Å². The second-order valence-electron chi connectivity index (χ2n) is 12.1. The summed E-state index contributed by atoms with van der Waals surface area (Å²) in [6, 6.07) is 3.29. The number of aliphatic hydroxyl groups excluding tert-OH is 5. The van der Waals surface area contributed by atoms with Crippen molar-refractivity contribution in [3.05, 3.63) is 56.8 Å². The minimum absolute atomic E-state index is 0. The highest BCUT2D eigenvalue weighted by atomic mass is 31.3. The molecule has 25 nitrogen and oxygen atoms in total. The van der Waals surface area contributed by atoms with E-state index in [9.17, 15) is 54.0 Å². The van der Waals surface area contributed by atoms with E-state index < -0.39 is 89.5 Å². The minimum atomic E-state index is -5.54. The molecule has 54 heavy (non-hydrogen) atoms. The van der Waals surface area contributed by atoms with Gasteiger partial charge in [-0.1, -0.05) is 0 Å². The maximum Gasteiger partial charge on any atom is 0.481 e. The number of phosphoric acid groups is 2. The number of benzene rings is 1. The first-order valence-corrected chi connectivity index (χ1v) is 18.4. The molecule has 2 aromatic heterocycles. The van der Waals surface area contributed by atoms with Gasteiger partial charge in [-0.2, -0.15) is 9.29 Å². The zero-order valence-corrected chi connectivity index (χ0v) is 30.0. The number of phosphoric ester groups is 2. The number of aliphatic hydroxyl groups is 5. The highest BCUT2D eigenvalue weighted by Gasteiger charge is 2.46. The number of H-pyrrole nitrogens is 1. The number of aromatic nitrogens is 8. The molecule has 3 aliphatic rings. The van der Waals surface area contributed by atoms with E-state index in [0.29, 0.717) is 5.52 Å². The lowest BCUT2D eigenvalue weighted by molar-refractivity contribution is -0.0794. The van der Waals surface area contributed by atoms with E-state index >= 15 is 0 Å². The number of aromatic amines is 1. The summed E-state index contributed by atoms with van der Waals surface area (Å²) in [6.07, 6.45) is -9.93. The second kappa shape index (κ2) is 15.5. The van der Waals surface area contributed by atoms with Crippen LogP contribution < -0.4 is 23.1 Å². The third kappa shape index (κ3) is 8.24. The van der Waals surface area contributed by atoms with E-state index in [1.165, 1.54) is 15.5 Å². The Morgan fingerprint density at radius 2 is 1.67 bits per heavy atom. The number of ether oxygens (including phenoxy) is 1. The zero-order chi connectivity index (χ0) is 38.6. The molecule has 4 unspecified atom stereocenters. The van der Waals surface area contributed by atoms with Crippen molar-refractivity contribution in [1.82, 2.24) is 45.2 Å². The minimum Gasteiger partial charge on any atom is -0.388 e. The molecular weight excluding hydrogens is 771 g/mol. The van der Waals surface area contributed by atoms with Crippen LogP contribution in [0.3, 0.4) is 0 Å². The molecule has 9 atom stereocenters. The highest BCUT2D eigenvalue weighted by Crippen LogP contribution is 2.60. The van der Waals surface area contributed by atoms with Crippen LogP contribution in [-0.2, 0) is 33.8 Å². The van der Waals surface area contributed by atoms with E-state index in [4.69, 9.17) is 15.0 Å². The third-order valence-electron chi connectivity index (χ3n) is 8.40. The predicted octanol–water partition coefficient (Wildman–Crippen LogP) is -2.26. The van der Waals surface area contributed by atoms with Crippen LogP contribution >= 0.6 is 15.6 Å². The smallest absolute Gasteiger partial charge is 0.388 e. The number of fused-ring (bicyclic) bond motifs is 3. The van der Waals surface area contributed by atoms with E-state index in [2.05, 4.69) is 33.8 Å². The van der Waals surface area contributed by atoms with Crippen LogP contribution in [0.2, 0.25) is 0 Å². The van der Waals surface area contributed by atoms with E-state index in [1.807, 2.05) is 4.98 Å². The topological polar surface area (TPSA) is 398 Å². The van der Waals surface area contributed by atoms with Gasteiger partial charge in [0.25, 0.3) is 5.56 Å². The molecular formula is C27H36N10O15P2. The lowest BCUT2D eigenvalue weighted by atomic mass is 10.1. The van der Waals surface area contributed by atoms with Gasteiger partial charge in [-0.25, -0.2) is 33.9 Å². The lowest BCUT2D eigenvalue weighted by Crippen LogP contribution is -2.42. The molecule has 0 spiro atoms. The largest absolute Gasteiger partial charge is 0.481 e. The summed E-state index contributed by atoms with van der Waals surface area (Å²) in [6.45, 7) is 0.795. The molecule has 3 aromatic rings. The van der Waals surface area contributed by atoms with Gasteiger partial charge < -0.3 is 56.5 Å². The Labute approximate surface area is 301 Å². The van der Waals surface area contributed by atoms with Gasteiger partial charge in [0.05, 0.1) is 37.1 Å². The Bertz CT molecular complexity index is 2360. The van der Waals surface area contributed by atoms with Crippen molar-refractivity contribution in [1.29, 1.82) is 0 Å².